The molecule has 4 nitrogen and oxygen atoms in total. The first-order valence-corrected chi connectivity index (χ1v) is 10.2. The highest BCUT2D eigenvalue weighted by molar-refractivity contribution is 6.31. The first-order chi connectivity index (χ1) is 13.5. The Kier molecular flexibility index (Phi) is 8.52. The lowest BCUT2D eigenvalue weighted by Crippen LogP contribution is -2.49. The molecule has 1 N–H and O–H groups in total. The standard InChI is InChI=1S/C23H29ClN2O2/c1-4-21(23(28)25-5-2)26(16-18-12-10-17(3)11-13-18)22(27)15-14-19-8-6-7-9-20(19)24/h6-13,21H,4-5,14-16H2,1-3H3,(H,25,28)/t21-/m0/s1. The molecular formula is C23H29ClN2O2. The molecule has 0 spiro atoms. The number of hydrogen-bond donors (Lipinski definition) is 1. The number of aryl methyl sites for hydroxylation is 2. The Bertz CT molecular complexity index is 789. The summed E-state index contributed by atoms with van der Waals surface area (Å²) < 4.78 is 0. The predicted molar refractivity (Wildman–Crippen MR) is 114 cm³/mol. The van der Waals surface area contributed by atoms with Crippen molar-refractivity contribution in [1.82, 2.24) is 10.2 Å². The van der Waals surface area contributed by atoms with Gasteiger partial charge in [-0.05, 0) is 43.9 Å². The van der Waals surface area contributed by atoms with Crippen LogP contribution >= 0.6 is 11.6 Å². The van der Waals surface area contributed by atoms with Crippen LogP contribution in [0.4, 0.5) is 0 Å². The Morgan fingerprint density at radius 3 is 2.36 bits per heavy atom. The summed E-state index contributed by atoms with van der Waals surface area (Å²) in [5, 5.41) is 3.52. The van der Waals surface area contributed by atoms with E-state index in [1.54, 1.807) is 4.90 Å². The van der Waals surface area contributed by atoms with Gasteiger partial charge in [-0.15, -0.1) is 0 Å². The number of amides is 2. The van der Waals surface area contributed by atoms with E-state index in [2.05, 4.69) is 5.32 Å². The Morgan fingerprint density at radius 1 is 1.07 bits per heavy atom. The number of halogens is 1. The van der Waals surface area contributed by atoms with Crippen molar-refractivity contribution < 1.29 is 9.59 Å². The summed E-state index contributed by atoms with van der Waals surface area (Å²) in [5.74, 6) is -0.151. The van der Waals surface area contributed by atoms with Crippen molar-refractivity contribution in [1.29, 1.82) is 0 Å². The van der Waals surface area contributed by atoms with Crippen LogP contribution in [0.25, 0.3) is 0 Å². The quantitative estimate of drug-likeness (QED) is 0.672. The zero-order valence-electron chi connectivity index (χ0n) is 16.9. The van der Waals surface area contributed by atoms with Crippen LogP contribution < -0.4 is 5.32 Å². The fraction of sp³-hybridized carbons (Fsp3) is 0.391. The fourth-order valence-electron chi connectivity index (χ4n) is 3.19. The van der Waals surface area contributed by atoms with E-state index < -0.39 is 6.04 Å². The normalized spacial score (nSPS) is 11.7. The lowest BCUT2D eigenvalue weighted by atomic mass is 10.1. The Labute approximate surface area is 172 Å². The molecule has 150 valence electrons. The van der Waals surface area contributed by atoms with Crippen molar-refractivity contribution in [3.05, 3.63) is 70.2 Å². The van der Waals surface area contributed by atoms with Gasteiger partial charge in [0.05, 0.1) is 0 Å². The molecule has 0 saturated carbocycles. The number of nitrogens with one attached hydrogen (secondary N) is 1. The van der Waals surface area contributed by atoms with Crippen LogP contribution in [-0.2, 0) is 22.6 Å². The summed E-state index contributed by atoms with van der Waals surface area (Å²) in [7, 11) is 0. The first kappa shape index (κ1) is 22.0. The number of nitrogens with zero attached hydrogens (tertiary/aromatic N) is 1. The van der Waals surface area contributed by atoms with E-state index in [0.29, 0.717) is 37.4 Å². The average molecular weight is 401 g/mol. The second-order valence-corrected chi connectivity index (χ2v) is 7.32. The Morgan fingerprint density at radius 2 is 1.75 bits per heavy atom. The molecule has 2 aromatic carbocycles. The summed E-state index contributed by atoms with van der Waals surface area (Å²) >= 11 is 6.22. The summed E-state index contributed by atoms with van der Waals surface area (Å²) in [6.07, 6.45) is 1.43. The van der Waals surface area contributed by atoms with E-state index in [9.17, 15) is 9.59 Å². The number of carbonyl (C=O) groups is 2. The van der Waals surface area contributed by atoms with Crippen LogP contribution in [0.1, 0.15) is 43.4 Å². The van der Waals surface area contributed by atoms with Gasteiger partial charge in [-0.1, -0.05) is 66.6 Å². The highest BCUT2D eigenvalue weighted by Crippen LogP contribution is 2.19. The highest BCUT2D eigenvalue weighted by atomic mass is 35.5. The van der Waals surface area contributed by atoms with Gasteiger partial charge >= 0.3 is 0 Å². The maximum absolute atomic E-state index is 13.1. The summed E-state index contributed by atoms with van der Waals surface area (Å²) in [6, 6.07) is 15.1. The minimum Gasteiger partial charge on any atom is -0.355 e. The molecule has 0 aliphatic rings. The van der Waals surface area contributed by atoms with E-state index in [4.69, 9.17) is 11.6 Å². The van der Waals surface area contributed by atoms with Crippen molar-refractivity contribution in [2.24, 2.45) is 0 Å². The smallest absolute Gasteiger partial charge is 0.242 e. The molecule has 0 fully saturated rings. The second-order valence-electron chi connectivity index (χ2n) is 6.92. The largest absolute Gasteiger partial charge is 0.355 e. The van der Waals surface area contributed by atoms with Gasteiger partial charge in [0.25, 0.3) is 0 Å². The van der Waals surface area contributed by atoms with Gasteiger partial charge in [-0.2, -0.15) is 0 Å². The molecule has 0 saturated heterocycles. The monoisotopic (exact) mass is 400 g/mol. The van der Waals surface area contributed by atoms with Crippen LogP contribution in [0.2, 0.25) is 5.02 Å². The minimum absolute atomic E-state index is 0.0430. The van der Waals surface area contributed by atoms with Crippen LogP contribution in [0.5, 0.6) is 0 Å². The molecule has 2 amide bonds. The Balaban J connectivity index is 2.19. The molecule has 0 bridgehead atoms. The van der Waals surface area contributed by atoms with Crippen LogP contribution in [0.15, 0.2) is 48.5 Å². The van der Waals surface area contributed by atoms with E-state index in [1.807, 2.05) is 69.3 Å². The van der Waals surface area contributed by atoms with Gasteiger partial charge in [0, 0.05) is 24.5 Å². The lowest BCUT2D eigenvalue weighted by molar-refractivity contribution is -0.141. The third-order valence-electron chi connectivity index (χ3n) is 4.78. The van der Waals surface area contributed by atoms with Crippen molar-refractivity contribution >= 4 is 23.4 Å². The zero-order chi connectivity index (χ0) is 20.5. The molecular weight excluding hydrogens is 372 g/mol. The van der Waals surface area contributed by atoms with Crippen LogP contribution in [-0.4, -0.2) is 29.3 Å². The van der Waals surface area contributed by atoms with E-state index in [1.165, 1.54) is 0 Å². The van der Waals surface area contributed by atoms with Gasteiger partial charge in [-0.25, -0.2) is 0 Å². The van der Waals surface area contributed by atoms with Gasteiger partial charge in [-0.3, -0.25) is 9.59 Å². The summed E-state index contributed by atoms with van der Waals surface area (Å²) in [4.78, 5) is 27.4. The molecule has 5 heteroatoms. The van der Waals surface area contributed by atoms with Gasteiger partial charge in [0.1, 0.15) is 6.04 Å². The summed E-state index contributed by atoms with van der Waals surface area (Å²) in [6.45, 7) is 6.80. The Hall–Kier alpha value is -2.33. The van der Waals surface area contributed by atoms with Gasteiger partial charge < -0.3 is 10.2 Å². The first-order valence-electron chi connectivity index (χ1n) is 9.82. The zero-order valence-corrected chi connectivity index (χ0v) is 17.6. The fourth-order valence-corrected chi connectivity index (χ4v) is 3.42. The molecule has 0 radical (unpaired) electrons. The molecule has 0 unspecified atom stereocenters. The predicted octanol–water partition coefficient (Wildman–Crippen LogP) is 4.52. The van der Waals surface area contributed by atoms with E-state index in [0.717, 1.165) is 16.7 Å². The maximum atomic E-state index is 13.1. The molecule has 1 atom stereocenters. The van der Waals surface area contributed by atoms with Crippen molar-refractivity contribution in [3.8, 4) is 0 Å². The van der Waals surface area contributed by atoms with Crippen molar-refractivity contribution in [2.45, 2.75) is 52.6 Å². The molecule has 2 rings (SSSR count). The molecule has 0 aliphatic carbocycles. The summed E-state index contributed by atoms with van der Waals surface area (Å²) in [5.41, 5.74) is 3.12. The third kappa shape index (κ3) is 6.10. The van der Waals surface area contributed by atoms with Crippen molar-refractivity contribution in [3.63, 3.8) is 0 Å². The lowest BCUT2D eigenvalue weighted by Gasteiger charge is -2.30. The van der Waals surface area contributed by atoms with E-state index >= 15 is 0 Å². The molecule has 0 aromatic heterocycles. The number of carbonyl (C=O) groups excluding carboxylic acids is 2. The number of likely N-dealkylation sites (N-methyl/N-ethyl adjacent to an activating group) is 1. The van der Waals surface area contributed by atoms with Crippen LogP contribution in [0, 0.1) is 6.92 Å². The minimum atomic E-state index is -0.486. The molecule has 28 heavy (non-hydrogen) atoms. The van der Waals surface area contributed by atoms with E-state index in [-0.39, 0.29) is 11.8 Å². The van der Waals surface area contributed by atoms with Crippen molar-refractivity contribution in [2.75, 3.05) is 6.54 Å². The van der Waals surface area contributed by atoms with Gasteiger partial charge in [0.2, 0.25) is 11.8 Å². The maximum Gasteiger partial charge on any atom is 0.242 e. The number of hydrogen-bond acceptors (Lipinski definition) is 2. The number of rotatable bonds is 9. The van der Waals surface area contributed by atoms with Gasteiger partial charge in [0.15, 0.2) is 0 Å². The molecule has 2 aromatic rings. The second kappa shape index (κ2) is 10.9. The average Bonchev–Trinajstić information content (AvgIpc) is 2.68. The molecule has 0 heterocycles. The highest BCUT2D eigenvalue weighted by Gasteiger charge is 2.28. The topological polar surface area (TPSA) is 49.4 Å². The molecule has 0 aliphatic heterocycles. The number of benzene rings is 2. The SMILES string of the molecule is CCNC(=O)[C@H](CC)N(Cc1ccc(C)cc1)C(=O)CCc1ccccc1Cl. The van der Waals surface area contributed by atoms with Crippen LogP contribution in [0.3, 0.4) is 0 Å². The third-order valence-corrected chi connectivity index (χ3v) is 5.15.